The van der Waals surface area contributed by atoms with Gasteiger partial charge in [0.2, 0.25) is 0 Å². The zero-order valence-corrected chi connectivity index (χ0v) is 9.80. The molecule has 88 valence electrons. The molecule has 0 bridgehead atoms. The van der Waals surface area contributed by atoms with Crippen molar-refractivity contribution in [3.63, 3.8) is 0 Å². The van der Waals surface area contributed by atoms with Gasteiger partial charge in [0.05, 0.1) is 17.8 Å². The van der Waals surface area contributed by atoms with E-state index < -0.39 is 0 Å². The van der Waals surface area contributed by atoms with Crippen LogP contribution < -0.4 is 0 Å². The molecule has 0 heterocycles. The molecule has 0 atom stereocenters. The molecule has 0 aromatic heterocycles. The van der Waals surface area contributed by atoms with E-state index in [2.05, 4.69) is 11.2 Å². The van der Waals surface area contributed by atoms with Crippen LogP contribution in [-0.2, 0) is 4.84 Å². The Morgan fingerprint density at radius 3 is 2.53 bits per heavy atom. The van der Waals surface area contributed by atoms with Gasteiger partial charge < -0.3 is 4.84 Å². The first kappa shape index (κ1) is 11.7. The lowest BCUT2D eigenvalue weighted by atomic mass is 9.98. The lowest BCUT2D eigenvalue weighted by Crippen LogP contribution is -2.13. The summed E-state index contributed by atoms with van der Waals surface area (Å²) in [6, 6.07) is 9.38. The van der Waals surface area contributed by atoms with Crippen LogP contribution in [0, 0.1) is 11.3 Å². The van der Waals surface area contributed by atoms with Crippen LogP contribution in [0.1, 0.15) is 43.2 Å². The first-order chi connectivity index (χ1) is 8.38. The molecule has 1 aliphatic carbocycles. The fraction of sp³-hybridized carbons (Fsp3) is 0.429. The van der Waals surface area contributed by atoms with Gasteiger partial charge in [0.1, 0.15) is 6.10 Å². The van der Waals surface area contributed by atoms with E-state index in [0.717, 1.165) is 18.4 Å². The number of nitriles is 1. The second-order valence-electron chi connectivity index (χ2n) is 4.33. The third-order valence-electron chi connectivity index (χ3n) is 3.00. The molecule has 0 saturated heterocycles. The lowest BCUT2D eigenvalue weighted by molar-refractivity contribution is 0.0340. The number of oxime groups is 1. The third kappa shape index (κ3) is 3.60. The van der Waals surface area contributed by atoms with Crippen LogP contribution >= 0.6 is 0 Å². The summed E-state index contributed by atoms with van der Waals surface area (Å²) in [6.07, 6.45) is 8.04. The Hall–Kier alpha value is -1.82. The summed E-state index contributed by atoms with van der Waals surface area (Å²) in [4.78, 5) is 5.45. The molecule has 1 saturated carbocycles. The highest BCUT2D eigenvalue weighted by molar-refractivity contribution is 5.79. The fourth-order valence-electron chi connectivity index (χ4n) is 1.99. The normalized spacial score (nSPS) is 16.9. The van der Waals surface area contributed by atoms with Crippen molar-refractivity contribution in [3.05, 3.63) is 35.4 Å². The van der Waals surface area contributed by atoms with Crippen molar-refractivity contribution in [1.29, 1.82) is 5.26 Å². The van der Waals surface area contributed by atoms with Crippen molar-refractivity contribution in [1.82, 2.24) is 0 Å². The van der Waals surface area contributed by atoms with E-state index in [-0.39, 0.29) is 0 Å². The van der Waals surface area contributed by atoms with Crippen LogP contribution in [0.2, 0.25) is 0 Å². The highest BCUT2D eigenvalue weighted by Crippen LogP contribution is 2.20. The standard InChI is InChI=1S/C14H16N2O/c15-10-12-6-8-13(9-7-12)11-16-17-14-4-2-1-3-5-14/h6-9,11,14H,1-5H2. The third-order valence-corrected chi connectivity index (χ3v) is 3.00. The summed E-state index contributed by atoms with van der Waals surface area (Å²) in [6.45, 7) is 0. The summed E-state index contributed by atoms with van der Waals surface area (Å²) >= 11 is 0. The van der Waals surface area contributed by atoms with Crippen LogP contribution in [0.4, 0.5) is 0 Å². The monoisotopic (exact) mass is 228 g/mol. The molecule has 17 heavy (non-hydrogen) atoms. The zero-order valence-electron chi connectivity index (χ0n) is 9.80. The van der Waals surface area contributed by atoms with Crippen molar-refractivity contribution in [3.8, 4) is 6.07 Å². The van der Waals surface area contributed by atoms with E-state index in [0.29, 0.717) is 11.7 Å². The first-order valence-electron chi connectivity index (χ1n) is 6.08. The van der Waals surface area contributed by atoms with Crippen LogP contribution in [0.15, 0.2) is 29.4 Å². The molecule has 1 aromatic carbocycles. The Bertz CT molecular complexity index is 411. The number of rotatable bonds is 3. The summed E-state index contributed by atoms with van der Waals surface area (Å²) in [5, 5.41) is 12.7. The molecule has 0 N–H and O–H groups in total. The molecular weight excluding hydrogens is 212 g/mol. The molecule has 0 amide bonds. The van der Waals surface area contributed by atoms with Gasteiger partial charge >= 0.3 is 0 Å². The van der Waals surface area contributed by atoms with Gasteiger partial charge in [-0.1, -0.05) is 23.7 Å². The lowest BCUT2D eigenvalue weighted by Gasteiger charge is -2.18. The van der Waals surface area contributed by atoms with Gasteiger partial charge in [0.15, 0.2) is 0 Å². The number of hydrogen-bond donors (Lipinski definition) is 0. The molecule has 3 nitrogen and oxygen atoms in total. The summed E-state index contributed by atoms with van der Waals surface area (Å²) in [7, 11) is 0. The molecule has 2 rings (SSSR count). The van der Waals surface area contributed by atoms with E-state index in [4.69, 9.17) is 10.1 Å². The summed E-state index contributed by atoms with van der Waals surface area (Å²) < 4.78 is 0. The first-order valence-corrected chi connectivity index (χ1v) is 6.08. The van der Waals surface area contributed by atoms with Crippen LogP contribution in [0.25, 0.3) is 0 Å². The minimum absolute atomic E-state index is 0.290. The van der Waals surface area contributed by atoms with Gasteiger partial charge in [-0.15, -0.1) is 0 Å². The second kappa shape index (κ2) is 6.05. The maximum absolute atomic E-state index is 8.67. The molecule has 1 aliphatic rings. The Labute approximate surface area is 102 Å². The van der Waals surface area contributed by atoms with E-state index in [1.165, 1.54) is 19.3 Å². The molecule has 0 radical (unpaired) electrons. The SMILES string of the molecule is N#Cc1ccc(C=NOC2CCCCC2)cc1. The molecular formula is C14H16N2O. The van der Waals surface area contributed by atoms with Crippen molar-refractivity contribution >= 4 is 6.21 Å². The molecule has 1 aromatic rings. The number of hydrogen-bond acceptors (Lipinski definition) is 3. The molecule has 0 aliphatic heterocycles. The summed E-state index contributed by atoms with van der Waals surface area (Å²) in [5.41, 5.74) is 1.62. The predicted molar refractivity (Wildman–Crippen MR) is 66.7 cm³/mol. The average molecular weight is 228 g/mol. The van der Waals surface area contributed by atoms with E-state index in [1.54, 1.807) is 18.3 Å². The van der Waals surface area contributed by atoms with E-state index in [1.807, 2.05) is 12.1 Å². The quantitative estimate of drug-likeness (QED) is 0.589. The largest absolute Gasteiger partial charge is 0.393 e. The molecule has 0 unspecified atom stereocenters. The average Bonchev–Trinajstić information content (AvgIpc) is 2.41. The van der Waals surface area contributed by atoms with Gasteiger partial charge in [-0.2, -0.15) is 5.26 Å². The van der Waals surface area contributed by atoms with Gasteiger partial charge in [-0.3, -0.25) is 0 Å². The van der Waals surface area contributed by atoms with Crippen LogP contribution in [0.5, 0.6) is 0 Å². The summed E-state index contributed by atoms with van der Waals surface area (Å²) in [5.74, 6) is 0. The zero-order chi connectivity index (χ0) is 11.9. The van der Waals surface area contributed by atoms with E-state index >= 15 is 0 Å². The highest BCUT2D eigenvalue weighted by Gasteiger charge is 2.13. The van der Waals surface area contributed by atoms with Crippen LogP contribution in [0.3, 0.4) is 0 Å². The molecule has 3 heteroatoms. The topological polar surface area (TPSA) is 45.4 Å². The fourth-order valence-corrected chi connectivity index (χ4v) is 1.99. The Morgan fingerprint density at radius 2 is 1.88 bits per heavy atom. The van der Waals surface area contributed by atoms with Gasteiger partial charge in [0.25, 0.3) is 0 Å². The maximum atomic E-state index is 8.67. The Kier molecular flexibility index (Phi) is 4.15. The Morgan fingerprint density at radius 1 is 1.18 bits per heavy atom. The molecule has 0 spiro atoms. The maximum Gasteiger partial charge on any atom is 0.127 e. The predicted octanol–water partition coefficient (Wildman–Crippen LogP) is 3.24. The van der Waals surface area contributed by atoms with Crippen molar-refractivity contribution in [2.24, 2.45) is 5.16 Å². The minimum atomic E-state index is 0.290. The number of nitrogens with zero attached hydrogens (tertiary/aromatic N) is 2. The van der Waals surface area contributed by atoms with Gasteiger partial charge in [-0.05, 0) is 43.4 Å². The Balaban J connectivity index is 1.84. The van der Waals surface area contributed by atoms with Crippen molar-refractivity contribution in [2.45, 2.75) is 38.2 Å². The smallest absolute Gasteiger partial charge is 0.127 e. The van der Waals surface area contributed by atoms with Gasteiger partial charge in [-0.25, -0.2) is 0 Å². The van der Waals surface area contributed by atoms with Crippen LogP contribution in [-0.4, -0.2) is 12.3 Å². The number of benzene rings is 1. The second-order valence-corrected chi connectivity index (χ2v) is 4.33. The highest BCUT2D eigenvalue weighted by atomic mass is 16.6. The van der Waals surface area contributed by atoms with E-state index in [9.17, 15) is 0 Å². The molecule has 1 fully saturated rings. The van der Waals surface area contributed by atoms with Crippen molar-refractivity contribution < 1.29 is 4.84 Å². The van der Waals surface area contributed by atoms with Gasteiger partial charge in [0, 0.05) is 0 Å². The minimum Gasteiger partial charge on any atom is -0.393 e. The van der Waals surface area contributed by atoms with Crippen molar-refractivity contribution in [2.75, 3.05) is 0 Å².